The van der Waals surface area contributed by atoms with Gasteiger partial charge in [-0.1, -0.05) is 0 Å². The van der Waals surface area contributed by atoms with Crippen LogP contribution in [-0.2, 0) is 0 Å². The van der Waals surface area contributed by atoms with Crippen molar-refractivity contribution in [2.75, 3.05) is 0 Å². The molecule has 0 saturated carbocycles. The molecule has 0 aliphatic rings. The van der Waals surface area contributed by atoms with E-state index in [0.29, 0.717) is 0 Å². The minimum absolute atomic E-state index is 0.208. The van der Waals surface area contributed by atoms with Crippen molar-refractivity contribution < 1.29 is 5.11 Å². The number of hydrogen-bond acceptors (Lipinski definition) is 1. The Morgan fingerprint density at radius 2 is 1.21 bits per heavy atom. The first-order chi connectivity index (χ1) is 9.06. The summed E-state index contributed by atoms with van der Waals surface area (Å²) in [7, 11) is 0. The van der Waals surface area contributed by atoms with E-state index < -0.39 is 21.8 Å². The van der Waals surface area contributed by atoms with Gasteiger partial charge < -0.3 is 0 Å². The number of aryl methyl sites for hydroxylation is 2. The summed E-state index contributed by atoms with van der Waals surface area (Å²) in [5.41, 5.74) is 2.60. The van der Waals surface area contributed by atoms with Gasteiger partial charge in [0, 0.05) is 0 Å². The molecule has 2 aromatic carbocycles. The SMILES string of the molecule is Cc1cc[c]([Bi]([CH2]C(C)O)[c]2ccc(C)cc2)cc1. The Balaban J connectivity index is 2.35. The molecule has 0 aliphatic heterocycles. The molecule has 0 radical (unpaired) electrons. The van der Waals surface area contributed by atoms with Crippen LogP contribution in [0.1, 0.15) is 18.1 Å². The molecule has 100 valence electrons. The third-order valence-electron chi connectivity index (χ3n) is 3.14. The van der Waals surface area contributed by atoms with Gasteiger partial charge in [0.05, 0.1) is 0 Å². The molecule has 2 aromatic rings. The summed E-state index contributed by atoms with van der Waals surface area (Å²) in [6.45, 7) is 6.15. The van der Waals surface area contributed by atoms with Crippen LogP contribution < -0.4 is 6.54 Å². The maximum absolute atomic E-state index is 9.81. The Hall–Kier alpha value is -0.717. The van der Waals surface area contributed by atoms with Crippen LogP contribution in [0.4, 0.5) is 0 Å². The predicted molar refractivity (Wildman–Crippen MR) is 83.9 cm³/mol. The molecular formula is C17H21BiO. The fourth-order valence-electron chi connectivity index (χ4n) is 2.07. The van der Waals surface area contributed by atoms with Gasteiger partial charge in [0.2, 0.25) is 0 Å². The maximum atomic E-state index is 9.81. The molecule has 0 amide bonds. The molecule has 19 heavy (non-hydrogen) atoms. The molecule has 0 heterocycles. The minimum atomic E-state index is -2.03. The van der Waals surface area contributed by atoms with Crippen LogP contribution in [0, 0.1) is 13.8 Å². The molecule has 2 rings (SSSR count). The van der Waals surface area contributed by atoms with Crippen LogP contribution in [0.2, 0.25) is 4.13 Å². The van der Waals surface area contributed by atoms with Crippen molar-refractivity contribution in [2.24, 2.45) is 0 Å². The molecule has 2 heteroatoms. The van der Waals surface area contributed by atoms with Crippen molar-refractivity contribution in [3.05, 3.63) is 59.7 Å². The van der Waals surface area contributed by atoms with E-state index in [1.807, 2.05) is 6.92 Å². The van der Waals surface area contributed by atoms with E-state index in [-0.39, 0.29) is 6.10 Å². The van der Waals surface area contributed by atoms with Crippen LogP contribution in [0.25, 0.3) is 0 Å². The van der Waals surface area contributed by atoms with Gasteiger partial charge in [0.25, 0.3) is 0 Å². The first kappa shape index (κ1) is 14.7. The predicted octanol–water partition coefficient (Wildman–Crippen LogP) is 2.29. The van der Waals surface area contributed by atoms with Gasteiger partial charge in [-0.15, -0.1) is 0 Å². The van der Waals surface area contributed by atoms with E-state index in [0.717, 1.165) is 4.13 Å². The zero-order valence-corrected chi connectivity index (χ0v) is 15.3. The first-order valence-corrected chi connectivity index (χ1v) is 12.6. The van der Waals surface area contributed by atoms with Gasteiger partial charge >= 0.3 is 124 Å². The molecule has 0 saturated heterocycles. The van der Waals surface area contributed by atoms with Crippen molar-refractivity contribution in [1.29, 1.82) is 0 Å². The van der Waals surface area contributed by atoms with E-state index in [1.54, 1.807) is 0 Å². The third-order valence-corrected chi connectivity index (χ3v) is 13.8. The molecule has 1 atom stereocenters. The van der Waals surface area contributed by atoms with Crippen molar-refractivity contribution in [1.82, 2.24) is 0 Å². The second-order valence-electron chi connectivity index (χ2n) is 5.13. The summed E-state index contributed by atoms with van der Waals surface area (Å²) in [4.78, 5) is 0. The van der Waals surface area contributed by atoms with E-state index in [4.69, 9.17) is 0 Å². The number of benzene rings is 2. The summed E-state index contributed by atoms with van der Waals surface area (Å²) in [5.74, 6) is 0. The van der Waals surface area contributed by atoms with Crippen LogP contribution >= 0.6 is 0 Å². The average Bonchev–Trinajstić information content (AvgIpc) is 2.38. The van der Waals surface area contributed by atoms with Crippen LogP contribution in [0.5, 0.6) is 0 Å². The number of aliphatic hydroxyl groups is 1. The zero-order chi connectivity index (χ0) is 13.8. The van der Waals surface area contributed by atoms with Crippen LogP contribution in [0.3, 0.4) is 0 Å². The molecule has 0 fully saturated rings. The molecule has 1 nitrogen and oxygen atoms in total. The molecule has 1 N–H and O–H groups in total. The van der Waals surface area contributed by atoms with Gasteiger partial charge in [-0.05, 0) is 0 Å². The van der Waals surface area contributed by atoms with Gasteiger partial charge in [-0.25, -0.2) is 0 Å². The Kier molecular flexibility index (Phi) is 5.13. The van der Waals surface area contributed by atoms with E-state index in [1.165, 1.54) is 17.7 Å². The number of aliphatic hydroxyl groups excluding tert-OH is 1. The van der Waals surface area contributed by atoms with Crippen molar-refractivity contribution in [3.8, 4) is 0 Å². The zero-order valence-electron chi connectivity index (χ0n) is 11.8. The van der Waals surface area contributed by atoms with Crippen molar-refractivity contribution >= 4 is 28.3 Å². The summed E-state index contributed by atoms with van der Waals surface area (Å²) >= 11 is -2.03. The van der Waals surface area contributed by atoms with Crippen molar-refractivity contribution in [3.63, 3.8) is 0 Å². The number of rotatable bonds is 4. The van der Waals surface area contributed by atoms with Crippen LogP contribution in [0.15, 0.2) is 48.5 Å². The Morgan fingerprint density at radius 1 is 0.842 bits per heavy atom. The molecular weight excluding hydrogens is 429 g/mol. The quantitative estimate of drug-likeness (QED) is 0.710. The molecule has 0 spiro atoms. The van der Waals surface area contributed by atoms with Gasteiger partial charge in [0.15, 0.2) is 0 Å². The standard InChI is InChI=1S/2C7H7.C3H7O.Bi/c2*1-7-5-3-2-4-6-7;1-3(2)4;/h2*3-6H,1H3;3-4H,1H2,2H3;. The number of hydrogen-bond donors (Lipinski definition) is 1. The molecule has 0 aliphatic carbocycles. The van der Waals surface area contributed by atoms with E-state index >= 15 is 0 Å². The fraction of sp³-hybridized carbons (Fsp3) is 0.294. The monoisotopic (exact) mass is 450 g/mol. The molecule has 1 unspecified atom stereocenters. The van der Waals surface area contributed by atoms with E-state index in [9.17, 15) is 5.11 Å². The topological polar surface area (TPSA) is 20.2 Å². The Bertz CT molecular complexity index is 468. The van der Waals surface area contributed by atoms with Crippen LogP contribution in [-0.4, -0.2) is 33.0 Å². The normalized spacial score (nSPS) is 12.7. The summed E-state index contributed by atoms with van der Waals surface area (Å²) in [6.07, 6.45) is -0.208. The first-order valence-electron chi connectivity index (χ1n) is 6.65. The fourth-order valence-corrected chi connectivity index (χ4v) is 10.9. The molecule has 0 aromatic heterocycles. The third kappa shape index (κ3) is 4.13. The second kappa shape index (κ2) is 6.63. The molecule has 0 bridgehead atoms. The van der Waals surface area contributed by atoms with E-state index in [2.05, 4.69) is 62.4 Å². The van der Waals surface area contributed by atoms with Crippen molar-refractivity contribution in [2.45, 2.75) is 31.0 Å². The summed E-state index contributed by atoms with van der Waals surface area (Å²) in [6, 6.07) is 17.8. The van der Waals surface area contributed by atoms with Gasteiger partial charge in [-0.2, -0.15) is 0 Å². The summed E-state index contributed by atoms with van der Waals surface area (Å²) in [5, 5.41) is 9.81. The second-order valence-corrected chi connectivity index (χ2v) is 13.9. The van der Waals surface area contributed by atoms with Gasteiger partial charge in [0.1, 0.15) is 0 Å². The average molecular weight is 450 g/mol. The van der Waals surface area contributed by atoms with Gasteiger partial charge in [-0.3, -0.25) is 0 Å². The summed E-state index contributed by atoms with van der Waals surface area (Å²) < 4.78 is 3.91. The Labute approximate surface area is 124 Å². The Morgan fingerprint density at radius 3 is 1.53 bits per heavy atom.